The molecule has 1 aliphatic carbocycles. The fraction of sp³-hybridized carbons (Fsp3) is 0.350. The molecule has 3 aromatic rings. The van der Waals surface area contributed by atoms with Gasteiger partial charge in [0.05, 0.1) is 16.6 Å². The summed E-state index contributed by atoms with van der Waals surface area (Å²) in [5.41, 5.74) is -0.0736. The number of carbonyl (C=O) groups excluding carboxylic acids is 1. The highest BCUT2D eigenvalue weighted by atomic mass is 19.4. The highest BCUT2D eigenvalue weighted by molar-refractivity contribution is 5.92. The normalized spacial score (nSPS) is 14.5. The van der Waals surface area contributed by atoms with Gasteiger partial charge in [-0.3, -0.25) is 4.79 Å². The number of alkyl halides is 5. The second-order valence-corrected chi connectivity index (χ2v) is 7.28. The van der Waals surface area contributed by atoms with Crippen LogP contribution < -0.4 is 5.32 Å². The zero-order chi connectivity index (χ0) is 21.6. The van der Waals surface area contributed by atoms with Gasteiger partial charge in [0.1, 0.15) is 6.54 Å². The molecule has 0 unspecified atom stereocenters. The molecule has 1 aliphatic rings. The Kier molecular flexibility index (Phi) is 4.95. The zero-order valence-corrected chi connectivity index (χ0v) is 15.8. The van der Waals surface area contributed by atoms with E-state index >= 15 is 0 Å². The molecule has 0 bridgehead atoms. The van der Waals surface area contributed by atoms with Gasteiger partial charge < -0.3 is 5.32 Å². The van der Waals surface area contributed by atoms with E-state index in [0.717, 1.165) is 25.0 Å². The summed E-state index contributed by atoms with van der Waals surface area (Å²) in [5.74, 6) is -0.523. The molecule has 1 amide bonds. The van der Waals surface area contributed by atoms with Crippen LogP contribution in [-0.4, -0.2) is 20.7 Å². The van der Waals surface area contributed by atoms with Crippen LogP contribution in [0.4, 0.5) is 27.6 Å². The number of anilines is 1. The summed E-state index contributed by atoms with van der Waals surface area (Å²) < 4.78 is 66.9. The second kappa shape index (κ2) is 7.33. The number of amides is 1. The molecule has 10 heteroatoms. The molecule has 1 N–H and O–H groups in total. The summed E-state index contributed by atoms with van der Waals surface area (Å²) in [5, 5.41) is 6.76. The number of halogens is 5. The molecule has 158 valence electrons. The van der Waals surface area contributed by atoms with E-state index < -0.39 is 24.1 Å². The van der Waals surface area contributed by atoms with Gasteiger partial charge >= 0.3 is 6.18 Å². The number of aryl methyl sites for hydroxylation is 1. The van der Waals surface area contributed by atoms with Crippen LogP contribution >= 0.6 is 0 Å². The van der Waals surface area contributed by atoms with Crippen molar-refractivity contribution in [2.45, 2.75) is 44.8 Å². The van der Waals surface area contributed by atoms with Crippen LogP contribution in [0, 0.1) is 6.92 Å². The van der Waals surface area contributed by atoms with E-state index in [1.54, 1.807) is 6.92 Å². The number of hydrogen-bond acceptors (Lipinski definition) is 3. The quantitative estimate of drug-likeness (QED) is 0.572. The lowest BCUT2D eigenvalue weighted by Crippen LogP contribution is -2.20. The Hall–Kier alpha value is -3.04. The van der Waals surface area contributed by atoms with Gasteiger partial charge in [-0.25, -0.2) is 18.4 Å². The lowest BCUT2D eigenvalue weighted by molar-refractivity contribution is -0.137. The van der Waals surface area contributed by atoms with Gasteiger partial charge in [-0.15, -0.1) is 0 Å². The van der Waals surface area contributed by atoms with Gasteiger partial charge in [0.25, 0.3) is 6.43 Å². The highest BCUT2D eigenvalue weighted by Crippen LogP contribution is 2.42. The molecule has 0 atom stereocenters. The monoisotopic (exact) mass is 424 g/mol. The number of nitrogens with zero attached hydrogens (tertiary/aromatic N) is 3. The van der Waals surface area contributed by atoms with Crippen molar-refractivity contribution in [3.8, 4) is 0 Å². The Morgan fingerprint density at radius 1 is 1.27 bits per heavy atom. The molecule has 1 fully saturated rings. The number of carbonyl (C=O) groups is 1. The minimum absolute atomic E-state index is 0.0251. The fourth-order valence-electron chi connectivity index (χ4n) is 3.39. The number of aromatic nitrogens is 3. The van der Waals surface area contributed by atoms with Gasteiger partial charge in [0, 0.05) is 22.9 Å². The highest BCUT2D eigenvalue weighted by Gasteiger charge is 2.31. The maximum Gasteiger partial charge on any atom is 0.416 e. The average Bonchev–Trinajstić information content (AvgIpc) is 3.46. The number of rotatable bonds is 5. The molecule has 1 aromatic carbocycles. The van der Waals surface area contributed by atoms with Gasteiger partial charge in [0.2, 0.25) is 5.91 Å². The number of hydrogen-bond donors (Lipinski definition) is 1. The largest absolute Gasteiger partial charge is 0.416 e. The molecular weight excluding hydrogens is 407 g/mol. The molecular formula is C20H17F5N4O. The smallest absolute Gasteiger partial charge is 0.324 e. The summed E-state index contributed by atoms with van der Waals surface area (Å²) in [7, 11) is 0. The first-order valence-corrected chi connectivity index (χ1v) is 9.26. The van der Waals surface area contributed by atoms with E-state index in [-0.39, 0.29) is 34.7 Å². The van der Waals surface area contributed by atoms with E-state index in [1.165, 1.54) is 22.9 Å². The number of pyridine rings is 1. The Bertz CT molecular complexity index is 1120. The van der Waals surface area contributed by atoms with Crippen molar-refractivity contribution in [1.82, 2.24) is 14.8 Å². The van der Waals surface area contributed by atoms with Crippen LogP contribution in [0.25, 0.3) is 11.0 Å². The SMILES string of the molecule is Cc1nn(CC(=O)Nc2cccc(C(F)(F)F)c2)c2nc(C3CC3)cc(C(F)F)c12. The maximum atomic E-state index is 13.6. The van der Waals surface area contributed by atoms with Crippen molar-refractivity contribution in [1.29, 1.82) is 0 Å². The first-order valence-electron chi connectivity index (χ1n) is 9.26. The summed E-state index contributed by atoms with van der Waals surface area (Å²) in [4.78, 5) is 16.9. The topological polar surface area (TPSA) is 59.8 Å². The van der Waals surface area contributed by atoms with E-state index in [2.05, 4.69) is 15.4 Å². The van der Waals surface area contributed by atoms with Crippen molar-refractivity contribution in [2.75, 3.05) is 5.32 Å². The van der Waals surface area contributed by atoms with Crippen molar-refractivity contribution < 1.29 is 26.7 Å². The Morgan fingerprint density at radius 2 is 2.00 bits per heavy atom. The Labute approximate surface area is 167 Å². The predicted octanol–water partition coefficient (Wildman–Crippen LogP) is 5.21. The average molecular weight is 424 g/mol. The van der Waals surface area contributed by atoms with Crippen molar-refractivity contribution in [2.24, 2.45) is 0 Å². The molecule has 5 nitrogen and oxygen atoms in total. The van der Waals surface area contributed by atoms with Crippen LogP contribution in [-0.2, 0) is 17.5 Å². The number of benzene rings is 1. The molecule has 2 heterocycles. The van der Waals surface area contributed by atoms with Crippen LogP contribution in [0.2, 0.25) is 0 Å². The summed E-state index contributed by atoms with van der Waals surface area (Å²) >= 11 is 0. The third-order valence-electron chi connectivity index (χ3n) is 4.93. The molecule has 0 spiro atoms. The Balaban J connectivity index is 1.63. The lowest BCUT2D eigenvalue weighted by atomic mass is 10.1. The molecule has 0 aliphatic heterocycles. The van der Waals surface area contributed by atoms with Crippen LogP contribution in [0.5, 0.6) is 0 Å². The summed E-state index contributed by atoms with van der Waals surface area (Å²) in [6.07, 6.45) is -5.53. The maximum absolute atomic E-state index is 13.6. The van der Waals surface area contributed by atoms with E-state index in [4.69, 9.17) is 0 Å². The van der Waals surface area contributed by atoms with Gasteiger partial charge in [-0.05, 0) is 44.0 Å². The first-order chi connectivity index (χ1) is 14.1. The zero-order valence-electron chi connectivity index (χ0n) is 15.8. The summed E-state index contributed by atoms with van der Waals surface area (Å²) in [6, 6.07) is 5.63. The number of fused-ring (bicyclic) bond motifs is 1. The lowest BCUT2D eigenvalue weighted by Gasteiger charge is -2.10. The second-order valence-electron chi connectivity index (χ2n) is 7.28. The van der Waals surface area contributed by atoms with Crippen molar-refractivity contribution >= 4 is 22.6 Å². The third kappa shape index (κ3) is 3.99. The molecule has 4 rings (SSSR count). The van der Waals surface area contributed by atoms with Gasteiger partial charge in [-0.1, -0.05) is 6.07 Å². The van der Waals surface area contributed by atoms with Crippen molar-refractivity contribution in [3.05, 3.63) is 52.8 Å². The third-order valence-corrected chi connectivity index (χ3v) is 4.93. The molecule has 0 radical (unpaired) electrons. The molecule has 2 aromatic heterocycles. The minimum Gasteiger partial charge on any atom is -0.324 e. The van der Waals surface area contributed by atoms with Crippen LogP contribution in [0.1, 0.15) is 47.7 Å². The van der Waals surface area contributed by atoms with Gasteiger partial charge in [-0.2, -0.15) is 18.3 Å². The van der Waals surface area contributed by atoms with E-state index in [9.17, 15) is 26.7 Å². The fourth-order valence-corrected chi connectivity index (χ4v) is 3.39. The standard InChI is InChI=1S/C20H17F5N4O/c1-10-17-14(18(21)22)8-15(11-5-6-11)27-19(17)29(28-10)9-16(30)26-13-4-2-3-12(7-13)20(23,24)25/h2-4,7-8,11,18H,5-6,9H2,1H3,(H,26,30). The predicted molar refractivity (Wildman–Crippen MR) is 99.3 cm³/mol. The molecule has 1 saturated carbocycles. The Morgan fingerprint density at radius 3 is 2.63 bits per heavy atom. The van der Waals surface area contributed by atoms with Crippen LogP contribution in [0.3, 0.4) is 0 Å². The molecule has 0 saturated heterocycles. The van der Waals surface area contributed by atoms with E-state index in [0.29, 0.717) is 11.4 Å². The van der Waals surface area contributed by atoms with E-state index in [1.807, 2.05) is 0 Å². The minimum atomic E-state index is -4.54. The van der Waals surface area contributed by atoms with Crippen molar-refractivity contribution in [3.63, 3.8) is 0 Å². The van der Waals surface area contributed by atoms with Gasteiger partial charge in [0.15, 0.2) is 5.65 Å². The number of nitrogens with one attached hydrogen (secondary N) is 1. The van der Waals surface area contributed by atoms with Crippen LogP contribution in [0.15, 0.2) is 30.3 Å². The molecule has 30 heavy (non-hydrogen) atoms. The summed E-state index contributed by atoms with van der Waals surface area (Å²) in [6.45, 7) is 1.18. The first kappa shape index (κ1) is 20.2.